The molecule has 12 heteroatoms. The lowest BCUT2D eigenvalue weighted by molar-refractivity contribution is -0.139. The van der Waals surface area contributed by atoms with Crippen molar-refractivity contribution >= 4 is 23.7 Å². The number of aliphatic carboxylic acids is 1. The Kier molecular flexibility index (Phi) is 10.8. The predicted molar refractivity (Wildman–Crippen MR) is 132 cm³/mol. The fourth-order valence-corrected chi connectivity index (χ4v) is 2.92. The van der Waals surface area contributed by atoms with Crippen LogP contribution in [-0.4, -0.2) is 66.3 Å². The van der Waals surface area contributed by atoms with E-state index < -0.39 is 30.4 Å². The quantitative estimate of drug-likeness (QED) is 0.112. The van der Waals surface area contributed by atoms with Gasteiger partial charge in [0.05, 0.1) is 18.7 Å². The van der Waals surface area contributed by atoms with Gasteiger partial charge in [-0.3, -0.25) is 15.0 Å². The number of hydrogen-bond acceptors (Lipinski definition) is 7. The number of phenols is 1. The Bertz CT molecular complexity index is 1060. The van der Waals surface area contributed by atoms with Gasteiger partial charge in [0.2, 0.25) is 0 Å². The number of phenolic OH excluding ortho intramolecular Hbond substituents is 1. The number of benzene rings is 2. The Morgan fingerprint density at radius 2 is 1.67 bits per heavy atom. The summed E-state index contributed by atoms with van der Waals surface area (Å²) in [6, 6.07) is 8.88. The summed E-state index contributed by atoms with van der Waals surface area (Å²) < 4.78 is 10.9. The first-order valence-corrected chi connectivity index (χ1v) is 11.3. The number of hydrogen-bond donors (Lipinski definition) is 7. The van der Waals surface area contributed by atoms with Gasteiger partial charge in [-0.2, -0.15) is 0 Å². The molecule has 8 N–H and O–H groups in total. The van der Waals surface area contributed by atoms with Crippen molar-refractivity contribution in [1.29, 1.82) is 5.41 Å². The van der Waals surface area contributed by atoms with Gasteiger partial charge in [-0.05, 0) is 42.8 Å². The highest BCUT2D eigenvalue weighted by atomic mass is 16.5. The van der Waals surface area contributed by atoms with E-state index in [0.717, 1.165) is 12.8 Å². The molecule has 0 radical (unpaired) electrons. The van der Waals surface area contributed by atoms with Crippen LogP contribution in [0.15, 0.2) is 42.5 Å². The van der Waals surface area contributed by atoms with Gasteiger partial charge >= 0.3 is 5.97 Å². The first-order chi connectivity index (χ1) is 17.2. The molecule has 0 unspecified atom stereocenters. The standard InChI is InChI=1S/C24H31N5O7/c1-2-3-11-35-16-6-4-15(5-7-16)21(31)29-19(23(33)34)14-28-22(32)18-9-8-17(13-20(18)30)36-12-10-27-24(25)26/h4-9,13,19,30H,2-3,10-12,14H2,1H3,(H,28,32)(H,29,31)(H,33,34)(H4,25,26,27)/t19-/m0/s1. The van der Waals surface area contributed by atoms with Crippen LogP contribution in [0.2, 0.25) is 0 Å². The van der Waals surface area contributed by atoms with Gasteiger partial charge in [0.1, 0.15) is 29.9 Å². The lowest BCUT2D eigenvalue weighted by atomic mass is 10.1. The van der Waals surface area contributed by atoms with E-state index in [0.29, 0.717) is 12.4 Å². The Morgan fingerprint density at radius 3 is 2.28 bits per heavy atom. The Morgan fingerprint density at radius 1 is 1.00 bits per heavy atom. The molecule has 2 amide bonds. The molecule has 0 heterocycles. The molecule has 0 aliphatic rings. The maximum atomic E-state index is 12.5. The number of ether oxygens (including phenoxy) is 2. The summed E-state index contributed by atoms with van der Waals surface area (Å²) in [7, 11) is 0. The number of carboxylic acid groups (broad SMARTS) is 1. The van der Waals surface area contributed by atoms with Crippen LogP contribution in [0.4, 0.5) is 0 Å². The molecule has 36 heavy (non-hydrogen) atoms. The van der Waals surface area contributed by atoms with Crippen LogP contribution < -0.4 is 31.2 Å². The van der Waals surface area contributed by atoms with Crippen molar-refractivity contribution in [3.8, 4) is 17.2 Å². The van der Waals surface area contributed by atoms with Crippen LogP contribution in [-0.2, 0) is 4.79 Å². The van der Waals surface area contributed by atoms with E-state index in [9.17, 15) is 24.6 Å². The summed E-state index contributed by atoms with van der Waals surface area (Å²) >= 11 is 0. The molecule has 0 aliphatic carbocycles. The smallest absolute Gasteiger partial charge is 0.328 e. The second-order valence-corrected chi connectivity index (χ2v) is 7.67. The third-order valence-corrected chi connectivity index (χ3v) is 4.85. The molecule has 0 fully saturated rings. The van der Waals surface area contributed by atoms with E-state index in [2.05, 4.69) is 16.0 Å². The van der Waals surface area contributed by atoms with Crippen LogP contribution in [0.5, 0.6) is 17.2 Å². The van der Waals surface area contributed by atoms with Gasteiger partial charge in [-0.15, -0.1) is 0 Å². The van der Waals surface area contributed by atoms with Crippen LogP contribution in [0, 0.1) is 5.41 Å². The monoisotopic (exact) mass is 501 g/mol. The normalized spacial score (nSPS) is 11.1. The maximum Gasteiger partial charge on any atom is 0.328 e. The van der Waals surface area contributed by atoms with Crippen LogP contribution in [0.25, 0.3) is 0 Å². The fourth-order valence-electron chi connectivity index (χ4n) is 2.92. The molecular formula is C24H31N5O7. The lowest BCUT2D eigenvalue weighted by Crippen LogP contribution is -2.48. The number of aromatic hydroxyl groups is 1. The van der Waals surface area contributed by atoms with Crippen LogP contribution >= 0.6 is 0 Å². The number of carbonyl (C=O) groups is 3. The molecule has 0 aliphatic heterocycles. The maximum absolute atomic E-state index is 12.5. The predicted octanol–water partition coefficient (Wildman–Crippen LogP) is 1.05. The topological polar surface area (TPSA) is 196 Å². The van der Waals surface area contributed by atoms with Crippen molar-refractivity contribution in [1.82, 2.24) is 16.0 Å². The molecular weight excluding hydrogens is 470 g/mol. The highest BCUT2D eigenvalue weighted by Gasteiger charge is 2.22. The molecule has 2 aromatic carbocycles. The zero-order valence-electron chi connectivity index (χ0n) is 19.9. The number of carboxylic acids is 1. The van der Waals surface area contributed by atoms with Gasteiger partial charge in [0, 0.05) is 18.2 Å². The molecule has 2 aromatic rings. The zero-order valence-corrected chi connectivity index (χ0v) is 19.9. The highest BCUT2D eigenvalue weighted by Crippen LogP contribution is 2.23. The van der Waals surface area contributed by atoms with Gasteiger partial charge in [-0.1, -0.05) is 13.3 Å². The second kappa shape index (κ2) is 14.0. The molecule has 2 rings (SSSR count). The molecule has 0 bridgehead atoms. The average molecular weight is 502 g/mol. The summed E-state index contributed by atoms with van der Waals surface area (Å²) in [6.45, 7) is 2.64. The highest BCUT2D eigenvalue weighted by molar-refractivity contribution is 5.98. The number of nitrogens with one attached hydrogen (secondary N) is 4. The number of amides is 2. The van der Waals surface area contributed by atoms with E-state index in [1.54, 1.807) is 12.1 Å². The first-order valence-electron chi connectivity index (χ1n) is 11.3. The zero-order chi connectivity index (χ0) is 26.5. The van der Waals surface area contributed by atoms with Gasteiger partial charge in [0.15, 0.2) is 5.96 Å². The Labute approximate surface area is 208 Å². The molecule has 194 valence electrons. The third-order valence-electron chi connectivity index (χ3n) is 4.85. The molecule has 12 nitrogen and oxygen atoms in total. The van der Waals surface area contributed by atoms with E-state index in [1.807, 2.05) is 6.92 Å². The SMILES string of the molecule is CCCCOc1ccc(C(=O)N[C@@H](CNC(=O)c2ccc(OCCNC(=N)N)cc2O)C(=O)O)cc1. The largest absolute Gasteiger partial charge is 0.507 e. The molecule has 0 saturated carbocycles. The van der Waals surface area contributed by atoms with Crippen molar-refractivity contribution in [2.75, 3.05) is 26.3 Å². The van der Waals surface area contributed by atoms with Crippen molar-refractivity contribution in [3.63, 3.8) is 0 Å². The third kappa shape index (κ3) is 9.05. The van der Waals surface area contributed by atoms with Gasteiger partial charge in [0.25, 0.3) is 11.8 Å². The first kappa shape index (κ1) is 27.8. The summed E-state index contributed by atoms with van der Waals surface area (Å²) in [4.78, 5) is 36.6. The van der Waals surface area contributed by atoms with Crippen molar-refractivity contribution in [2.45, 2.75) is 25.8 Å². The van der Waals surface area contributed by atoms with Gasteiger partial charge < -0.3 is 41.4 Å². The molecule has 1 atom stereocenters. The number of rotatable bonds is 14. The van der Waals surface area contributed by atoms with Crippen molar-refractivity contribution in [2.24, 2.45) is 5.73 Å². The van der Waals surface area contributed by atoms with Crippen molar-refractivity contribution in [3.05, 3.63) is 53.6 Å². The molecule has 0 saturated heterocycles. The van der Waals surface area contributed by atoms with E-state index in [4.69, 9.17) is 20.6 Å². The van der Waals surface area contributed by atoms with E-state index in [-0.39, 0.29) is 41.7 Å². The number of unbranched alkanes of at least 4 members (excludes halogenated alkanes) is 1. The summed E-state index contributed by atoms with van der Waals surface area (Å²) in [5.74, 6) is -2.38. The van der Waals surface area contributed by atoms with Crippen molar-refractivity contribution < 1.29 is 34.1 Å². The number of nitrogens with two attached hydrogens (primary N) is 1. The summed E-state index contributed by atoms with van der Waals surface area (Å²) in [6.07, 6.45) is 1.90. The second-order valence-electron chi connectivity index (χ2n) is 7.67. The van der Waals surface area contributed by atoms with Crippen LogP contribution in [0.3, 0.4) is 0 Å². The van der Waals surface area contributed by atoms with E-state index in [1.165, 1.54) is 30.3 Å². The number of carbonyl (C=O) groups excluding carboxylic acids is 2. The summed E-state index contributed by atoms with van der Waals surface area (Å²) in [5.41, 5.74) is 5.30. The molecule has 0 spiro atoms. The summed E-state index contributed by atoms with van der Waals surface area (Å²) in [5, 5.41) is 34.0. The fraction of sp³-hybridized carbons (Fsp3) is 0.333. The van der Waals surface area contributed by atoms with Crippen LogP contribution in [0.1, 0.15) is 40.5 Å². The van der Waals surface area contributed by atoms with E-state index >= 15 is 0 Å². The minimum atomic E-state index is -1.40. The van der Waals surface area contributed by atoms with Gasteiger partial charge in [-0.25, -0.2) is 4.79 Å². The average Bonchev–Trinajstić information content (AvgIpc) is 2.84. The minimum Gasteiger partial charge on any atom is -0.507 e. The number of guanidine groups is 1. The molecule has 0 aromatic heterocycles. The lowest BCUT2D eigenvalue weighted by Gasteiger charge is -2.16. The Hall–Kier alpha value is -4.48. The minimum absolute atomic E-state index is 0.0988. The Balaban J connectivity index is 1.90.